The van der Waals surface area contributed by atoms with Gasteiger partial charge >= 0.3 is 0 Å². The Morgan fingerprint density at radius 3 is 2.83 bits per heavy atom. The van der Waals surface area contributed by atoms with Crippen LogP contribution in [0, 0.1) is 0 Å². The summed E-state index contributed by atoms with van der Waals surface area (Å²) in [5.74, 6) is 0.653. The van der Waals surface area contributed by atoms with Crippen molar-refractivity contribution in [2.45, 2.75) is 24.9 Å². The van der Waals surface area contributed by atoms with E-state index in [1.807, 2.05) is 7.11 Å². The predicted molar refractivity (Wildman–Crippen MR) is 74.1 cm³/mol. The number of nitrogens with one attached hydrogen (secondary N) is 1. The lowest BCUT2D eigenvalue weighted by atomic mass is 9.99. The smallest absolute Gasteiger partial charge is 0.0595 e. The average Bonchev–Trinajstić information content (AvgIpc) is 2.83. The second-order valence-electron chi connectivity index (χ2n) is 5.40. The molecule has 1 atom stereocenters. The van der Waals surface area contributed by atoms with Gasteiger partial charge in [0.1, 0.15) is 0 Å². The van der Waals surface area contributed by atoms with E-state index >= 15 is 0 Å². The monoisotopic (exact) mass is 246 g/mol. The molecule has 0 amide bonds. The number of rotatable bonds is 3. The van der Waals surface area contributed by atoms with Crippen molar-refractivity contribution < 1.29 is 4.74 Å². The van der Waals surface area contributed by atoms with Crippen LogP contribution in [0.15, 0.2) is 24.3 Å². The largest absolute Gasteiger partial charge is 0.384 e. The molecule has 0 spiro atoms. The first-order valence-electron chi connectivity index (χ1n) is 6.95. The molecule has 98 valence electrons. The van der Waals surface area contributed by atoms with E-state index in [1.165, 1.54) is 43.7 Å². The SMILES string of the molecule is COC1CCN(CC2CNc3ccccc32)CC1. The van der Waals surface area contributed by atoms with Crippen LogP contribution in [0.2, 0.25) is 0 Å². The lowest BCUT2D eigenvalue weighted by Crippen LogP contribution is -2.39. The van der Waals surface area contributed by atoms with Crippen molar-refractivity contribution in [2.24, 2.45) is 0 Å². The number of methoxy groups -OCH3 is 1. The molecule has 0 bridgehead atoms. The molecular formula is C15H22N2O. The summed E-state index contributed by atoms with van der Waals surface area (Å²) in [4.78, 5) is 2.59. The predicted octanol–water partition coefficient (Wildman–Crippen LogP) is 2.31. The molecule has 3 heteroatoms. The number of piperidine rings is 1. The summed E-state index contributed by atoms with van der Waals surface area (Å²) < 4.78 is 5.43. The van der Waals surface area contributed by atoms with Crippen LogP contribution >= 0.6 is 0 Å². The lowest BCUT2D eigenvalue weighted by Gasteiger charge is -2.32. The fraction of sp³-hybridized carbons (Fsp3) is 0.600. The Labute approximate surface area is 109 Å². The molecule has 1 saturated heterocycles. The molecule has 2 aliphatic heterocycles. The molecular weight excluding hydrogens is 224 g/mol. The van der Waals surface area contributed by atoms with Gasteiger partial charge in [0.15, 0.2) is 0 Å². The van der Waals surface area contributed by atoms with Crippen molar-refractivity contribution >= 4 is 5.69 Å². The van der Waals surface area contributed by atoms with Crippen LogP contribution in [0.4, 0.5) is 5.69 Å². The van der Waals surface area contributed by atoms with Crippen LogP contribution in [0.3, 0.4) is 0 Å². The Hall–Kier alpha value is -1.06. The zero-order valence-electron chi connectivity index (χ0n) is 11.1. The molecule has 1 aromatic rings. The Balaban J connectivity index is 1.59. The van der Waals surface area contributed by atoms with E-state index < -0.39 is 0 Å². The normalized spacial score (nSPS) is 24.8. The van der Waals surface area contributed by atoms with Crippen LogP contribution in [0.25, 0.3) is 0 Å². The first-order valence-corrected chi connectivity index (χ1v) is 6.95. The number of fused-ring (bicyclic) bond motifs is 1. The van der Waals surface area contributed by atoms with Gasteiger partial charge in [0.2, 0.25) is 0 Å². The first kappa shape index (κ1) is 12.0. The van der Waals surface area contributed by atoms with Gasteiger partial charge in [-0.15, -0.1) is 0 Å². The van der Waals surface area contributed by atoms with Gasteiger partial charge in [-0.2, -0.15) is 0 Å². The molecule has 3 rings (SSSR count). The molecule has 1 N–H and O–H groups in total. The fourth-order valence-corrected chi connectivity index (χ4v) is 3.16. The maximum absolute atomic E-state index is 5.43. The number of para-hydroxylation sites is 1. The van der Waals surface area contributed by atoms with Crippen molar-refractivity contribution in [1.29, 1.82) is 0 Å². The number of anilines is 1. The summed E-state index contributed by atoms with van der Waals surface area (Å²) in [6, 6.07) is 8.71. The summed E-state index contributed by atoms with van der Waals surface area (Å²) in [6.45, 7) is 4.62. The van der Waals surface area contributed by atoms with Gasteiger partial charge in [-0.25, -0.2) is 0 Å². The molecule has 0 aromatic heterocycles. The molecule has 18 heavy (non-hydrogen) atoms. The Kier molecular flexibility index (Phi) is 3.52. The number of nitrogens with zero attached hydrogens (tertiary/aromatic N) is 1. The minimum absolute atomic E-state index is 0.482. The molecule has 1 unspecified atom stereocenters. The summed E-state index contributed by atoms with van der Waals surface area (Å²) >= 11 is 0. The molecule has 3 nitrogen and oxygen atoms in total. The van der Waals surface area contributed by atoms with Crippen molar-refractivity contribution in [3.8, 4) is 0 Å². The molecule has 0 saturated carbocycles. The highest BCUT2D eigenvalue weighted by Gasteiger charge is 2.26. The highest BCUT2D eigenvalue weighted by atomic mass is 16.5. The Bertz CT molecular complexity index is 399. The zero-order chi connectivity index (χ0) is 12.4. The number of hydrogen-bond acceptors (Lipinski definition) is 3. The fourth-order valence-electron chi connectivity index (χ4n) is 3.16. The third-order valence-corrected chi connectivity index (χ3v) is 4.29. The van der Waals surface area contributed by atoms with E-state index in [9.17, 15) is 0 Å². The standard InChI is InChI=1S/C15H22N2O/c1-18-13-6-8-17(9-7-13)11-12-10-16-15-5-3-2-4-14(12)15/h2-5,12-13,16H,6-11H2,1H3. The van der Waals surface area contributed by atoms with E-state index in [-0.39, 0.29) is 0 Å². The van der Waals surface area contributed by atoms with Crippen molar-refractivity contribution in [3.05, 3.63) is 29.8 Å². The summed E-state index contributed by atoms with van der Waals surface area (Å²) in [6.07, 6.45) is 2.84. The summed E-state index contributed by atoms with van der Waals surface area (Å²) in [7, 11) is 1.83. The molecule has 2 heterocycles. The van der Waals surface area contributed by atoms with E-state index in [0.29, 0.717) is 12.0 Å². The molecule has 0 aliphatic carbocycles. The number of benzene rings is 1. The van der Waals surface area contributed by atoms with Gasteiger partial charge in [-0.1, -0.05) is 18.2 Å². The van der Waals surface area contributed by atoms with Crippen LogP contribution in [-0.4, -0.2) is 44.3 Å². The van der Waals surface area contributed by atoms with Crippen molar-refractivity contribution in [2.75, 3.05) is 38.6 Å². The summed E-state index contributed by atoms with van der Waals surface area (Å²) in [5.41, 5.74) is 2.82. The quantitative estimate of drug-likeness (QED) is 0.885. The number of ether oxygens (including phenoxy) is 1. The van der Waals surface area contributed by atoms with Gasteiger partial charge in [-0.05, 0) is 24.5 Å². The lowest BCUT2D eigenvalue weighted by molar-refractivity contribution is 0.0398. The topological polar surface area (TPSA) is 24.5 Å². The van der Waals surface area contributed by atoms with Crippen LogP contribution in [0.5, 0.6) is 0 Å². The number of hydrogen-bond donors (Lipinski definition) is 1. The highest BCUT2D eigenvalue weighted by molar-refractivity contribution is 5.57. The van der Waals surface area contributed by atoms with E-state index in [2.05, 4.69) is 34.5 Å². The van der Waals surface area contributed by atoms with Gasteiger partial charge in [-0.3, -0.25) is 0 Å². The van der Waals surface area contributed by atoms with Gasteiger partial charge in [0.05, 0.1) is 6.10 Å². The Morgan fingerprint density at radius 2 is 2.06 bits per heavy atom. The second-order valence-corrected chi connectivity index (χ2v) is 5.40. The molecule has 1 aromatic carbocycles. The number of likely N-dealkylation sites (tertiary alicyclic amines) is 1. The average molecular weight is 246 g/mol. The van der Waals surface area contributed by atoms with Crippen molar-refractivity contribution in [1.82, 2.24) is 4.90 Å². The van der Waals surface area contributed by atoms with Crippen LogP contribution in [-0.2, 0) is 4.74 Å². The molecule has 2 aliphatic rings. The third kappa shape index (κ3) is 2.38. The van der Waals surface area contributed by atoms with Gasteiger partial charge < -0.3 is 15.0 Å². The van der Waals surface area contributed by atoms with Gasteiger partial charge in [0, 0.05) is 44.9 Å². The van der Waals surface area contributed by atoms with E-state index in [4.69, 9.17) is 4.74 Å². The van der Waals surface area contributed by atoms with Crippen LogP contribution in [0.1, 0.15) is 24.3 Å². The third-order valence-electron chi connectivity index (χ3n) is 4.29. The maximum Gasteiger partial charge on any atom is 0.0595 e. The minimum Gasteiger partial charge on any atom is -0.384 e. The minimum atomic E-state index is 0.482. The van der Waals surface area contributed by atoms with Crippen molar-refractivity contribution in [3.63, 3.8) is 0 Å². The van der Waals surface area contributed by atoms with E-state index in [0.717, 1.165) is 6.54 Å². The second kappa shape index (κ2) is 5.29. The van der Waals surface area contributed by atoms with E-state index in [1.54, 1.807) is 0 Å². The molecule has 1 fully saturated rings. The summed E-state index contributed by atoms with van der Waals surface area (Å²) in [5, 5.41) is 3.51. The molecule has 0 radical (unpaired) electrons. The highest BCUT2D eigenvalue weighted by Crippen LogP contribution is 2.32. The van der Waals surface area contributed by atoms with Crippen LogP contribution < -0.4 is 5.32 Å². The Morgan fingerprint density at radius 1 is 1.28 bits per heavy atom. The zero-order valence-corrected chi connectivity index (χ0v) is 11.1. The van der Waals surface area contributed by atoms with Gasteiger partial charge in [0.25, 0.3) is 0 Å². The first-order chi connectivity index (χ1) is 8.86. The maximum atomic E-state index is 5.43.